The van der Waals surface area contributed by atoms with Crippen molar-refractivity contribution in [1.29, 1.82) is 0 Å². The Bertz CT molecular complexity index is 656. The van der Waals surface area contributed by atoms with Crippen LogP contribution in [0.1, 0.15) is 17.5 Å². The molecule has 0 bridgehead atoms. The first-order valence-corrected chi connectivity index (χ1v) is 8.12. The zero-order chi connectivity index (χ0) is 16.7. The molecule has 2 N–H and O–H groups in total. The minimum Gasteiger partial charge on any atom is -0.481 e. The second-order valence-corrected chi connectivity index (χ2v) is 6.24. The molecule has 0 aliphatic heterocycles. The average Bonchev–Trinajstić information content (AvgIpc) is 2.54. The van der Waals surface area contributed by atoms with E-state index in [2.05, 4.69) is 21.2 Å². The van der Waals surface area contributed by atoms with Crippen LogP contribution in [0.2, 0.25) is 0 Å². The Kier molecular flexibility index (Phi) is 6.35. The van der Waals surface area contributed by atoms with Gasteiger partial charge in [-0.25, -0.2) is 0 Å². The standard InChI is InChI=1S/C18H18BrNO3/c19-16-8-6-13(7-9-16)10-15(11-17(21)22)18(23)20-12-14-4-2-1-3-5-14/h1-9,15H,10-12H2,(H,20,23)(H,21,22). The van der Waals surface area contributed by atoms with Crippen molar-refractivity contribution in [1.82, 2.24) is 5.32 Å². The summed E-state index contributed by atoms with van der Waals surface area (Å²) in [6.07, 6.45) is 0.219. The normalized spacial score (nSPS) is 11.7. The molecule has 2 rings (SSSR count). The van der Waals surface area contributed by atoms with E-state index in [4.69, 9.17) is 5.11 Å². The lowest BCUT2D eigenvalue weighted by molar-refractivity contribution is -0.141. The first-order chi connectivity index (χ1) is 11.0. The van der Waals surface area contributed by atoms with Gasteiger partial charge in [-0.05, 0) is 29.7 Å². The number of amides is 1. The number of benzene rings is 2. The Morgan fingerprint density at radius 2 is 1.65 bits per heavy atom. The van der Waals surface area contributed by atoms with E-state index in [1.807, 2.05) is 54.6 Å². The maximum atomic E-state index is 12.3. The van der Waals surface area contributed by atoms with Gasteiger partial charge in [-0.2, -0.15) is 0 Å². The number of carboxylic acid groups (broad SMARTS) is 1. The van der Waals surface area contributed by atoms with Crippen molar-refractivity contribution in [3.8, 4) is 0 Å². The number of hydrogen-bond acceptors (Lipinski definition) is 2. The summed E-state index contributed by atoms with van der Waals surface area (Å²) in [4.78, 5) is 23.4. The topological polar surface area (TPSA) is 66.4 Å². The van der Waals surface area contributed by atoms with Crippen molar-refractivity contribution in [3.63, 3.8) is 0 Å². The highest BCUT2D eigenvalue weighted by molar-refractivity contribution is 9.10. The van der Waals surface area contributed by atoms with Gasteiger partial charge in [0.1, 0.15) is 0 Å². The Labute approximate surface area is 143 Å². The third-order valence-electron chi connectivity index (χ3n) is 3.50. The highest BCUT2D eigenvalue weighted by Gasteiger charge is 2.22. The number of halogens is 1. The molecule has 4 nitrogen and oxygen atoms in total. The SMILES string of the molecule is O=C(O)CC(Cc1ccc(Br)cc1)C(=O)NCc1ccccc1. The molecular weight excluding hydrogens is 358 g/mol. The number of carboxylic acids is 1. The highest BCUT2D eigenvalue weighted by Crippen LogP contribution is 2.16. The number of rotatable bonds is 7. The van der Waals surface area contributed by atoms with E-state index in [1.54, 1.807) is 0 Å². The predicted octanol–water partition coefficient (Wildman–Crippen LogP) is 3.40. The third-order valence-corrected chi connectivity index (χ3v) is 4.03. The van der Waals surface area contributed by atoms with Gasteiger partial charge in [-0.1, -0.05) is 58.4 Å². The van der Waals surface area contributed by atoms with Crippen LogP contribution in [-0.2, 0) is 22.6 Å². The third kappa shape index (κ3) is 5.87. The first kappa shape index (κ1) is 17.2. The van der Waals surface area contributed by atoms with E-state index in [1.165, 1.54) is 0 Å². The number of aliphatic carboxylic acids is 1. The molecule has 0 fully saturated rings. The van der Waals surface area contributed by atoms with Crippen LogP contribution in [-0.4, -0.2) is 17.0 Å². The summed E-state index contributed by atoms with van der Waals surface area (Å²) >= 11 is 3.36. The lowest BCUT2D eigenvalue weighted by Gasteiger charge is -2.15. The maximum absolute atomic E-state index is 12.3. The van der Waals surface area contributed by atoms with Gasteiger partial charge in [-0.15, -0.1) is 0 Å². The van der Waals surface area contributed by atoms with Crippen LogP contribution >= 0.6 is 15.9 Å². The van der Waals surface area contributed by atoms with Crippen LogP contribution in [0.25, 0.3) is 0 Å². The lowest BCUT2D eigenvalue weighted by atomic mass is 9.95. The molecule has 0 radical (unpaired) electrons. The molecule has 2 aromatic rings. The Hall–Kier alpha value is -2.14. The zero-order valence-corrected chi connectivity index (χ0v) is 14.1. The molecule has 0 aliphatic rings. The van der Waals surface area contributed by atoms with E-state index in [9.17, 15) is 9.59 Å². The minimum absolute atomic E-state index is 0.184. The van der Waals surface area contributed by atoms with Gasteiger partial charge in [0.2, 0.25) is 5.91 Å². The fourth-order valence-corrected chi connectivity index (χ4v) is 2.57. The lowest BCUT2D eigenvalue weighted by Crippen LogP contribution is -2.33. The van der Waals surface area contributed by atoms with Crippen LogP contribution in [0.3, 0.4) is 0 Å². The van der Waals surface area contributed by atoms with E-state index >= 15 is 0 Å². The predicted molar refractivity (Wildman–Crippen MR) is 91.9 cm³/mol. The van der Waals surface area contributed by atoms with Gasteiger partial charge in [0.15, 0.2) is 0 Å². The molecule has 2 aromatic carbocycles. The Morgan fingerprint density at radius 3 is 2.26 bits per heavy atom. The largest absolute Gasteiger partial charge is 0.481 e. The number of hydrogen-bond donors (Lipinski definition) is 2. The van der Waals surface area contributed by atoms with Crippen molar-refractivity contribution in [2.75, 3.05) is 0 Å². The summed E-state index contributed by atoms with van der Waals surface area (Å²) in [6.45, 7) is 0.399. The second-order valence-electron chi connectivity index (χ2n) is 5.33. The molecule has 0 saturated carbocycles. The summed E-state index contributed by atoms with van der Waals surface area (Å²) in [5.41, 5.74) is 1.92. The average molecular weight is 376 g/mol. The maximum Gasteiger partial charge on any atom is 0.304 e. The minimum atomic E-state index is -0.970. The first-order valence-electron chi connectivity index (χ1n) is 7.32. The van der Waals surface area contributed by atoms with E-state index < -0.39 is 11.9 Å². The smallest absolute Gasteiger partial charge is 0.304 e. The number of nitrogens with one attached hydrogen (secondary N) is 1. The van der Waals surface area contributed by atoms with E-state index in [0.717, 1.165) is 15.6 Å². The Morgan fingerprint density at radius 1 is 1.00 bits per heavy atom. The fourth-order valence-electron chi connectivity index (χ4n) is 2.30. The number of carbonyl (C=O) groups is 2. The van der Waals surface area contributed by atoms with Crippen LogP contribution in [0.5, 0.6) is 0 Å². The quantitative estimate of drug-likeness (QED) is 0.779. The molecule has 0 heterocycles. The molecule has 0 aliphatic carbocycles. The van der Waals surface area contributed by atoms with E-state index in [-0.39, 0.29) is 12.3 Å². The molecule has 1 amide bonds. The van der Waals surface area contributed by atoms with Crippen LogP contribution in [0.4, 0.5) is 0 Å². The number of carbonyl (C=O) groups excluding carboxylic acids is 1. The monoisotopic (exact) mass is 375 g/mol. The van der Waals surface area contributed by atoms with Gasteiger partial charge in [0.25, 0.3) is 0 Å². The van der Waals surface area contributed by atoms with Gasteiger partial charge in [0.05, 0.1) is 12.3 Å². The molecule has 1 unspecified atom stereocenters. The van der Waals surface area contributed by atoms with Crippen LogP contribution in [0, 0.1) is 5.92 Å². The molecule has 0 saturated heterocycles. The van der Waals surface area contributed by atoms with Gasteiger partial charge >= 0.3 is 5.97 Å². The highest BCUT2D eigenvalue weighted by atomic mass is 79.9. The molecule has 5 heteroatoms. The second kappa shape index (κ2) is 8.48. The van der Waals surface area contributed by atoms with Gasteiger partial charge in [-0.3, -0.25) is 9.59 Å². The van der Waals surface area contributed by atoms with Crippen molar-refractivity contribution < 1.29 is 14.7 Å². The van der Waals surface area contributed by atoms with Crippen molar-refractivity contribution in [3.05, 3.63) is 70.2 Å². The van der Waals surface area contributed by atoms with Gasteiger partial charge < -0.3 is 10.4 Å². The zero-order valence-electron chi connectivity index (χ0n) is 12.5. The van der Waals surface area contributed by atoms with Crippen molar-refractivity contribution >= 4 is 27.8 Å². The van der Waals surface area contributed by atoms with Crippen LogP contribution < -0.4 is 5.32 Å². The van der Waals surface area contributed by atoms with E-state index in [0.29, 0.717) is 13.0 Å². The van der Waals surface area contributed by atoms with Crippen molar-refractivity contribution in [2.24, 2.45) is 5.92 Å². The summed E-state index contributed by atoms with van der Waals surface area (Å²) < 4.78 is 0.949. The molecule has 0 spiro atoms. The molecule has 23 heavy (non-hydrogen) atoms. The molecule has 1 atom stereocenters. The summed E-state index contributed by atoms with van der Waals surface area (Å²) in [5.74, 6) is -1.79. The molecule has 0 aromatic heterocycles. The molecular formula is C18H18BrNO3. The Balaban J connectivity index is 2.00. The van der Waals surface area contributed by atoms with Gasteiger partial charge in [0, 0.05) is 11.0 Å². The summed E-state index contributed by atoms with van der Waals surface area (Å²) in [5, 5.41) is 11.9. The fraction of sp³-hybridized carbons (Fsp3) is 0.222. The summed E-state index contributed by atoms with van der Waals surface area (Å²) in [6, 6.07) is 17.1. The van der Waals surface area contributed by atoms with Crippen LogP contribution in [0.15, 0.2) is 59.1 Å². The van der Waals surface area contributed by atoms with Crippen molar-refractivity contribution in [2.45, 2.75) is 19.4 Å². The molecule has 120 valence electrons. The summed E-state index contributed by atoms with van der Waals surface area (Å²) in [7, 11) is 0.